The third-order valence-electron chi connectivity index (χ3n) is 2.12. The summed E-state index contributed by atoms with van der Waals surface area (Å²) < 4.78 is 1.91. The second-order valence-corrected chi connectivity index (χ2v) is 5.27. The molecule has 0 radical (unpaired) electrons. The highest BCUT2D eigenvalue weighted by Gasteiger charge is 2.11. The molecule has 0 aliphatic heterocycles. The van der Waals surface area contributed by atoms with Crippen LogP contribution in [0.2, 0.25) is 0 Å². The predicted octanol–water partition coefficient (Wildman–Crippen LogP) is 3.68. The molecule has 16 heavy (non-hydrogen) atoms. The van der Waals surface area contributed by atoms with Gasteiger partial charge in [0.2, 0.25) is 0 Å². The Labute approximate surface area is 115 Å². The van der Waals surface area contributed by atoms with E-state index in [0.29, 0.717) is 5.56 Å². The van der Waals surface area contributed by atoms with Gasteiger partial charge in [-0.2, -0.15) is 0 Å². The zero-order valence-corrected chi connectivity index (χ0v) is 11.9. The Kier molecular flexibility index (Phi) is 3.70. The quantitative estimate of drug-likeness (QED) is 0.581. The maximum atomic E-state index is 12.1. The molecule has 0 amide bonds. The molecule has 2 aromatic rings. The summed E-state index contributed by atoms with van der Waals surface area (Å²) in [6.07, 6.45) is 3.25. The molecule has 0 bridgehead atoms. The van der Waals surface area contributed by atoms with Crippen LogP contribution in [0.4, 0.5) is 0 Å². The lowest BCUT2D eigenvalue weighted by molar-refractivity contribution is 0.103. The van der Waals surface area contributed by atoms with E-state index in [2.05, 4.69) is 43.5 Å². The van der Waals surface area contributed by atoms with Crippen molar-refractivity contribution in [3.05, 3.63) is 61.9 Å². The summed E-state index contributed by atoms with van der Waals surface area (Å²) in [4.78, 5) is 16.0. The summed E-state index contributed by atoms with van der Waals surface area (Å²) in [5.74, 6) is 0.0271. The second-order valence-electron chi connectivity index (χ2n) is 3.19. The molecule has 0 saturated carbocycles. The van der Waals surface area contributed by atoms with Crippen molar-refractivity contribution >= 4 is 44.3 Å². The number of carbonyl (C=O) groups is 1. The second kappa shape index (κ2) is 5.05. The van der Waals surface area contributed by atoms with Gasteiger partial charge in [0, 0.05) is 31.6 Å². The fraction of sp³-hybridized carbons (Fsp3) is 0. The molecule has 0 N–H and O–H groups in total. The van der Waals surface area contributed by atoms with E-state index in [9.17, 15) is 4.79 Å². The number of aromatic nitrogens is 1. The number of nitrogens with zero attached hydrogens (tertiary/aromatic N) is 1. The van der Waals surface area contributed by atoms with Crippen molar-refractivity contribution in [2.24, 2.45) is 0 Å². The van der Waals surface area contributed by atoms with E-state index in [0.717, 1.165) is 13.6 Å². The normalized spacial score (nSPS) is 10.1. The first-order chi connectivity index (χ1) is 7.68. The van der Waals surface area contributed by atoms with Gasteiger partial charge in [-0.25, -0.2) is 0 Å². The molecular formula is C12H7BrINO. The highest BCUT2D eigenvalue weighted by molar-refractivity contribution is 14.1. The fourth-order valence-electron chi connectivity index (χ4n) is 1.33. The Balaban J connectivity index is 2.42. The van der Waals surface area contributed by atoms with Gasteiger partial charge >= 0.3 is 0 Å². The van der Waals surface area contributed by atoms with Crippen molar-refractivity contribution in [2.45, 2.75) is 0 Å². The lowest BCUT2D eigenvalue weighted by Crippen LogP contribution is -2.03. The number of benzene rings is 1. The van der Waals surface area contributed by atoms with Crippen LogP contribution in [0.15, 0.2) is 47.2 Å². The van der Waals surface area contributed by atoms with Gasteiger partial charge in [0.05, 0.1) is 0 Å². The molecule has 0 aliphatic rings. The SMILES string of the molecule is O=C(c1ccncc1)c1ccc(Br)cc1I. The van der Waals surface area contributed by atoms with E-state index in [-0.39, 0.29) is 5.78 Å². The minimum Gasteiger partial charge on any atom is -0.289 e. The van der Waals surface area contributed by atoms with Gasteiger partial charge in [-0.05, 0) is 52.9 Å². The highest BCUT2D eigenvalue weighted by Crippen LogP contribution is 2.20. The summed E-state index contributed by atoms with van der Waals surface area (Å²) in [6.45, 7) is 0. The third kappa shape index (κ3) is 2.49. The molecule has 2 nitrogen and oxygen atoms in total. The number of ketones is 1. The first-order valence-electron chi connectivity index (χ1n) is 4.58. The van der Waals surface area contributed by atoms with E-state index < -0.39 is 0 Å². The topological polar surface area (TPSA) is 30.0 Å². The fourth-order valence-corrected chi connectivity index (χ4v) is 2.88. The average molecular weight is 388 g/mol. The summed E-state index contributed by atoms with van der Waals surface area (Å²) in [6, 6.07) is 9.07. The van der Waals surface area contributed by atoms with Gasteiger partial charge in [-0.15, -0.1) is 0 Å². The lowest BCUT2D eigenvalue weighted by atomic mass is 10.1. The Bertz CT molecular complexity index is 528. The summed E-state index contributed by atoms with van der Waals surface area (Å²) in [5, 5.41) is 0. The van der Waals surface area contributed by atoms with Crippen molar-refractivity contribution in [1.82, 2.24) is 4.98 Å². The van der Waals surface area contributed by atoms with Crippen molar-refractivity contribution in [2.75, 3.05) is 0 Å². The van der Waals surface area contributed by atoms with Crippen molar-refractivity contribution in [1.29, 1.82) is 0 Å². The summed E-state index contributed by atoms with van der Waals surface area (Å²) in [7, 11) is 0. The number of pyridine rings is 1. The van der Waals surface area contributed by atoms with E-state index in [1.165, 1.54) is 0 Å². The van der Waals surface area contributed by atoms with Crippen LogP contribution in [0.5, 0.6) is 0 Å². The molecule has 0 atom stereocenters. The Hall–Kier alpha value is -0.750. The predicted molar refractivity (Wildman–Crippen MR) is 74.5 cm³/mol. The van der Waals surface area contributed by atoms with Crippen LogP contribution in [0, 0.1) is 3.57 Å². The van der Waals surface area contributed by atoms with Crippen molar-refractivity contribution in [3.8, 4) is 0 Å². The Morgan fingerprint density at radius 3 is 2.50 bits per heavy atom. The molecule has 0 fully saturated rings. The molecule has 1 aromatic heterocycles. The molecule has 1 aromatic carbocycles. The maximum absolute atomic E-state index is 12.1. The molecule has 0 saturated heterocycles. The summed E-state index contributed by atoms with van der Waals surface area (Å²) >= 11 is 5.54. The number of halogens is 2. The molecular weight excluding hydrogens is 381 g/mol. The van der Waals surface area contributed by atoms with Gasteiger partial charge in [-0.1, -0.05) is 15.9 Å². The van der Waals surface area contributed by atoms with Crippen molar-refractivity contribution in [3.63, 3.8) is 0 Å². The first kappa shape index (κ1) is 11.7. The van der Waals surface area contributed by atoms with Crippen LogP contribution in [0.25, 0.3) is 0 Å². The standard InChI is InChI=1S/C12H7BrINO/c13-9-1-2-10(11(14)7-9)12(16)8-3-5-15-6-4-8/h1-7H. The van der Waals surface area contributed by atoms with Crippen LogP contribution in [-0.2, 0) is 0 Å². The Morgan fingerprint density at radius 2 is 1.88 bits per heavy atom. The minimum absolute atomic E-state index is 0.0271. The number of hydrogen-bond donors (Lipinski definition) is 0. The molecule has 4 heteroatoms. The zero-order chi connectivity index (χ0) is 11.5. The van der Waals surface area contributed by atoms with Gasteiger partial charge in [0.25, 0.3) is 0 Å². The molecule has 0 aliphatic carbocycles. The summed E-state index contributed by atoms with van der Waals surface area (Å²) in [5.41, 5.74) is 1.38. The number of rotatable bonds is 2. The number of hydrogen-bond acceptors (Lipinski definition) is 2. The first-order valence-corrected chi connectivity index (χ1v) is 6.45. The van der Waals surface area contributed by atoms with Gasteiger partial charge in [0.15, 0.2) is 5.78 Å². The van der Waals surface area contributed by atoms with Crippen LogP contribution >= 0.6 is 38.5 Å². The van der Waals surface area contributed by atoms with Crippen molar-refractivity contribution < 1.29 is 4.79 Å². The van der Waals surface area contributed by atoms with Crippen LogP contribution in [-0.4, -0.2) is 10.8 Å². The molecule has 1 heterocycles. The minimum atomic E-state index is 0.0271. The smallest absolute Gasteiger partial charge is 0.194 e. The van der Waals surface area contributed by atoms with E-state index in [1.807, 2.05) is 18.2 Å². The molecule has 0 spiro atoms. The molecule has 80 valence electrons. The third-order valence-corrected chi connectivity index (χ3v) is 3.50. The molecule has 2 rings (SSSR count). The van der Waals surface area contributed by atoms with Gasteiger partial charge in [0.1, 0.15) is 0 Å². The molecule has 0 unspecified atom stereocenters. The van der Waals surface area contributed by atoms with Crippen LogP contribution in [0.3, 0.4) is 0 Å². The monoisotopic (exact) mass is 387 g/mol. The lowest BCUT2D eigenvalue weighted by Gasteiger charge is -2.03. The van der Waals surface area contributed by atoms with E-state index in [4.69, 9.17) is 0 Å². The highest BCUT2D eigenvalue weighted by atomic mass is 127. The average Bonchev–Trinajstić information content (AvgIpc) is 2.29. The van der Waals surface area contributed by atoms with E-state index >= 15 is 0 Å². The van der Waals surface area contributed by atoms with Gasteiger partial charge in [-0.3, -0.25) is 9.78 Å². The Morgan fingerprint density at radius 1 is 1.19 bits per heavy atom. The largest absolute Gasteiger partial charge is 0.289 e. The zero-order valence-electron chi connectivity index (χ0n) is 8.15. The van der Waals surface area contributed by atoms with Crippen LogP contribution in [0.1, 0.15) is 15.9 Å². The van der Waals surface area contributed by atoms with E-state index in [1.54, 1.807) is 24.5 Å². The van der Waals surface area contributed by atoms with Crippen LogP contribution < -0.4 is 0 Å². The maximum Gasteiger partial charge on any atom is 0.194 e. The van der Waals surface area contributed by atoms with Gasteiger partial charge < -0.3 is 0 Å². The number of carbonyl (C=O) groups excluding carboxylic acids is 1.